The highest BCUT2D eigenvalue weighted by atomic mass is 32.2. The summed E-state index contributed by atoms with van der Waals surface area (Å²) in [6.45, 7) is 0.144. The molecule has 1 amide bonds. The van der Waals surface area contributed by atoms with Crippen molar-refractivity contribution in [1.29, 1.82) is 0 Å². The smallest absolute Gasteiger partial charge is 0.406 e. The number of ether oxygens (including phenoxy) is 1. The van der Waals surface area contributed by atoms with Crippen LogP contribution in [0.4, 0.5) is 4.79 Å². The molecule has 0 radical (unpaired) electrons. The predicted molar refractivity (Wildman–Crippen MR) is 63.6 cm³/mol. The number of rotatable bonds is 4. The molecule has 0 bridgehead atoms. The Balaban J connectivity index is 2.52. The largest absolute Gasteiger partial charge is 0.453 e. The molecule has 16 heavy (non-hydrogen) atoms. The van der Waals surface area contributed by atoms with Gasteiger partial charge in [-0.25, -0.2) is 4.79 Å². The molecule has 0 spiro atoms. The van der Waals surface area contributed by atoms with E-state index in [4.69, 9.17) is 0 Å². The number of aliphatic hydroxyl groups is 1. The standard InChI is InChI=1S/C11H15NO3S/c1-15-11(14)12-7-10(13)8-3-5-9(16-2)6-4-8/h3-6,10,13H,7H2,1-2H3,(H,12,14). The maximum Gasteiger partial charge on any atom is 0.406 e. The first kappa shape index (κ1) is 12.9. The van der Waals surface area contributed by atoms with Crippen LogP contribution in [0.25, 0.3) is 0 Å². The molecule has 0 aromatic heterocycles. The Labute approximate surface area is 99.0 Å². The molecule has 5 heteroatoms. The minimum absolute atomic E-state index is 0.144. The zero-order valence-corrected chi connectivity index (χ0v) is 10.1. The average Bonchev–Trinajstić information content (AvgIpc) is 2.35. The topological polar surface area (TPSA) is 58.6 Å². The molecule has 4 nitrogen and oxygen atoms in total. The second-order valence-corrected chi connectivity index (χ2v) is 4.04. The molecule has 0 aliphatic heterocycles. The van der Waals surface area contributed by atoms with Gasteiger partial charge in [0.05, 0.1) is 19.8 Å². The Kier molecular flexibility index (Phi) is 5.14. The lowest BCUT2D eigenvalue weighted by Crippen LogP contribution is -2.28. The minimum atomic E-state index is -0.713. The van der Waals surface area contributed by atoms with E-state index in [2.05, 4.69) is 10.1 Å². The van der Waals surface area contributed by atoms with E-state index >= 15 is 0 Å². The fourth-order valence-electron chi connectivity index (χ4n) is 1.20. The predicted octanol–water partition coefficient (Wildman–Crippen LogP) is 1.80. The Bertz CT molecular complexity index is 340. The molecule has 1 atom stereocenters. The summed E-state index contributed by atoms with van der Waals surface area (Å²) < 4.78 is 4.41. The summed E-state index contributed by atoms with van der Waals surface area (Å²) in [5.74, 6) is 0. The van der Waals surface area contributed by atoms with Gasteiger partial charge in [-0.1, -0.05) is 12.1 Å². The zero-order chi connectivity index (χ0) is 12.0. The van der Waals surface area contributed by atoms with Gasteiger partial charge in [0.2, 0.25) is 0 Å². The SMILES string of the molecule is COC(=O)NCC(O)c1ccc(SC)cc1. The van der Waals surface area contributed by atoms with Crippen LogP contribution in [0.15, 0.2) is 29.2 Å². The fraction of sp³-hybridized carbons (Fsp3) is 0.364. The molecule has 1 aromatic rings. The van der Waals surface area contributed by atoms with Gasteiger partial charge in [0.15, 0.2) is 0 Å². The number of aliphatic hydroxyl groups excluding tert-OH is 1. The lowest BCUT2D eigenvalue weighted by atomic mass is 10.1. The third-order valence-corrected chi connectivity index (χ3v) is 2.87. The summed E-state index contributed by atoms with van der Waals surface area (Å²) in [4.78, 5) is 11.9. The van der Waals surface area contributed by atoms with Gasteiger partial charge in [0.25, 0.3) is 0 Å². The zero-order valence-electron chi connectivity index (χ0n) is 9.27. The maximum absolute atomic E-state index is 10.8. The van der Waals surface area contributed by atoms with Crippen molar-refractivity contribution in [1.82, 2.24) is 5.32 Å². The first-order valence-corrected chi connectivity index (χ1v) is 6.03. The highest BCUT2D eigenvalue weighted by Gasteiger charge is 2.08. The molecule has 0 fully saturated rings. The van der Waals surface area contributed by atoms with Crippen LogP contribution < -0.4 is 5.32 Å². The summed E-state index contributed by atoms with van der Waals surface area (Å²) in [6, 6.07) is 7.55. The molecule has 0 heterocycles. The third-order valence-electron chi connectivity index (χ3n) is 2.13. The highest BCUT2D eigenvalue weighted by molar-refractivity contribution is 7.98. The number of hydrogen-bond donors (Lipinski definition) is 2. The van der Waals surface area contributed by atoms with Gasteiger partial charge in [0, 0.05) is 4.90 Å². The second kappa shape index (κ2) is 6.40. The van der Waals surface area contributed by atoms with Crippen LogP contribution in [-0.2, 0) is 4.74 Å². The van der Waals surface area contributed by atoms with Crippen molar-refractivity contribution in [2.75, 3.05) is 19.9 Å². The van der Waals surface area contributed by atoms with Crippen molar-refractivity contribution in [3.8, 4) is 0 Å². The first-order chi connectivity index (χ1) is 7.67. The lowest BCUT2D eigenvalue weighted by Gasteiger charge is -2.11. The molecule has 0 saturated heterocycles. The van der Waals surface area contributed by atoms with Crippen LogP contribution >= 0.6 is 11.8 Å². The van der Waals surface area contributed by atoms with Crippen LogP contribution in [0.5, 0.6) is 0 Å². The van der Waals surface area contributed by atoms with Crippen molar-refractivity contribution >= 4 is 17.9 Å². The van der Waals surface area contributed by atoms with Crippen LogP contribution in [0.2, 0.25) is 0 Å². The average molecular weight is 241 g/mol. The van der Waals surface area contributed by atoms with Crippen molar-refractivity contribution < 1.29 is 14.6 Å². The van der Waals surface area contributed by atoms with E-state index in [1.54, 1.807) is 11.8 Å². The van der Waals surface area contributed by atoms with Crippen molar-refractivity contribution in [2.24, 2.45) is 0 Å². The minimum Gasteiger partial charge on any atom is -0.453 e. The van der Waals surface area contributed by atoms with Crippen LogP contribution in [-0.4, -0.2) is 31.1 Å². The molecule has 0 aliphatic carbocycles. The molecule has 1 aromatic carbocycles. The Morgan fingerprint density at radius 2 is 2.12 bits per heavy atom. The van der Waals surface area contributed by atoms with Gasteiger partial charge >= 0.3 is 6.09 Å². The lowest BCUT2D eigenvalue weighted by molar-refractivity contribution is 0.147. The Morgan fingerprint density at radius 1 is 1.50 bits per heavy atom. The van der Waals surface area contributed by atoms with Crippen LogP contribution in [0.1, 0.15) is 11.7 Å². The van der Waals surface area contributed by atoms with Gasteiger partial charge < -0.3 is 15.2 Å². The van der Waals surface area contributed by atoms with E-state index < -0.39 is 12.2 Å². The van der Waals surface area contributed by atoms with Crippen LogP contribution in [0.3, 0.4) is 0 Å². The molecular formula is C11H15NO3S. The number of methoxy groups -OCH3 is 1. The normalized spacial score (nSPS) is 11.9. The number of carbonyl (C=O) groups excluding carboxylic acids is 1. The molecule has 88 valence electrons. The van der Waals surface area contributed by atoms with Gasteiger partial charge in [-0.3, -0.25) is 0 Å². The second-order valence-electron chi connectivity index (χ2n) is 3.16. The molecule has 2 N–H and O–H groups in total. The number of benzene rings is 1. The van der Waals surface area contributed by atoms with Crippen molar-refractivity contribution in [3.05, 3.63) is 29.8 Å². The molecule has 0 saturated carbocycles. The van der Waals surface area contributed by atoms with E-state index in [0.717, 1.165) is 10.5 Å². The summed E-state index contributed by atoms with van der Waals surface area (Å²) in [5.41, 5.74) is 0.772. The summed E-state index contributed by atoms with van der Waals surface area (Å²) in [6.07, 6.45) is 0.735. The van der Waals surface area contributed by atoms with Gasteiger partial charge in [-0.05, 0) is 24.0 Å². The molecule has 1 rings (SSSR count). The quantitative estimate of drug-likeness (QED) is 0.789. The van der Waals surface area contributed by atoms with Crippen molar-refractivity contribution in [3.63, 3.8) is 0 Å². The van der Waals surface area contributed by atoms with E-state index in [1.807, 2.05) is 30.5 Å². The van der Waals surface area contributed by atoms with E-state index in [1.165, 1.54) is 7.11 Å². The Morgan fingerprint density at radius 3 is 2.62 bits per heavy atom. The number of alkyl carbamates (subject to hydrolysis) is 1. The first-order valence-electron chi connectivity index (χ1n) is 4.81. The fourth-order valence-corrected chi connectivity index (χ4v) is 1.60. The molecular weight excluding hydrogens is 226 g/mol. The molecule has 0 aliphatic rings. The number of nitrogens with one attached hydrogen (secondary N) is 1. The number of amides is 1. The maximum atomic E-state index is 10.8. The summed E-state index contributed by atoms with van der Waals surface area (Å²) >= 11 is 1.64. The van der Waals surface area contributed by atoms with E-state index in [0.29, 0.717) is 0 Å². The van der Waals surface area contributed by atoms with Crippen LogP contribution in [0, 0.1) is 0 Å². The van der Waals surface area contributed by atoms with Crippen molar-refractivity contribution in [2.45, 2.75) is 11.0 Å². The summed E-state index contributed by atoms with van der Waals surface area (Å²) in [5, 5.41) is 12.2. The van der Waals surface area contributed by atoms with E-state index in [-0.39, 0.29) is 6.54 Å². The monoisotopic (exact) mass is 241 g/mol. The van der Waals surface area contributed by atoms with E-state index in [9.17, 15) is 9.90 Å². The number of thioether (sulfide) groups is 1. The van der Waals surface area contributed by atoms with Gasteiger partial charge in [-0.15, -0.1) is 11.8 Å². The summed E-state index contributed by atoms with van der Waals surface area (Å²) in [7, 11) is 1.29. The molecule has 1 unspecified atom stereocenters. The number of hydrogen-bond acceptors (Lipinski definition) is 4. The van der Waals surface area contributed by atoms with Gasteiger partial charge in [-0.2, -0.15) is 0 Å². The Hall–Kier alpha value is -1.20. The van der Waals surface area contributed by atoms with Gasteiger partial charge in [0.1, 0.15) is 0 Å². The third kappa shape index (κ3) is 3.75. The number of carbonyl (C=O) groups is 1. The highest BCUT2D eigenvalue weighted by Crippen LogP contribution is 2.18.